The number of nitrogens with zero attached hydrogens (tertiary/aromatic N) is 1. The van der Waals surface area contributed by atoms with Crippen molar-refractivity contribution < 1.29 is 14.3 Å². The Balaban J connectivity index is 2.30. The fraction of sp³-hybridized carbons (Fsp3) is 0.500. The Kier molecular flexibility index (Phi) is 5.69. The molecule has 1 aromatic rings. The second kappa shape index (κ2) is 7.17. The first-order valence-electron chi connectivity index (χ1n) is 4.70. The zero-order valence-electron chi connectivity index (χ0n) is 9.03. The quantitative estimate of drug-likeness (QED) is 0.534. The van der Waals surface area contributed by atoms with E-state index in [-0.39, 0.29) is 0 Å². The Bertz CT molecular complexity index is 281. The lowest BCUT2D eigenvalue weighted by Crippen LogP contribution is -2.17. The highest BCUT2D eigenvalue weighted by atomic mass is 16.7. The SMILES string of the molecule is COCCONCc1cccnc1OC. The lowest BCUT2D eigenvalue weighted by atomic mass is 10.3. The molecular formula is C10H16N2O3. The molecule has 0 aliphatic heterocycles. The van der Waals surface area contributed by atoms with Gasteiger partial charge in [0.25, 0.3) is 0 Å². The van der Waals surface area contributed by atoms with Crippen molar-refractivity contribution in [2.75, 3.05) is 27.4 Å². The molecule has 0 saturated carbocycles. The van der Waals surface area contributed by atoms with Crippen molar-refractivity contribution in [2.24, 2.45) is 0 Å². The van der Waals surface area contributed by atoms with Crippen LogP contribution in [0.5, 0.6) is 5.88 Å². The first kappa shape index (κ1) is 11.9. The lowest BCUT2D eigenvalue weighted by Gasteiger charge is -2.08. The summed E-state index contributed by atoms with van der Waals surface area (Å²) < 4.78 is 9.93. The number of pyridine rings is 1. The van der Waals surface area contributed by atoms with E-state index in [1.165, 1.54) is 0 Å². The van der Waals surface area contributed by atoms with Gasteiger partial charge in [-0.3, -0.25) is 4.84 Å². The Labute approximate surface area is 89.3 Å². The molecule has 1 aromatic heterocycles. The van der Waals surface area contributed by atoms with Gasteiger partial charge in [-0.1, -0.05) is 6.07 Å². The molecule has 0 saturated heterocycles. The lowest BCUT2D eigenvalue weighted by molar-refractivity contribution is 0.00315. The van der Waals surface area contributed by atoms with Crippen molar-refractivity contribution >= 4 is 0 Å². The number of ether oxygens (including phenoxy) is 2. The molecule has 15 heavy (non-hydrogen) atoms. The molecule has 0 radical (unpaired) electrons. The molecule has 0 atom stereocenters. The van der Waals surface area contributed by atoms with Gasteiger partial charge >= 0.3 is 0 Å². The summed E-state index contributed by atoms with van der Waals surface area (Å²) in [6.45, 7) is 1.64. The summed E-state index contributed by atoms with van der Waals surface area (Å²) in [5.74, 6) is 0.611. The second-order valence-corrected chi connectivity index (χ2v) is 2.83. The van der Waals surface area contributed by atoms with Crippen LogP contribution in [-0.4, -0.2) is 32.4 Å². The average molecular weight is 212 g/mol. The molecule has 5 nitrogen and oxygen atoms in total. The molecule has 1 N–H and O–H groups in total. The first-order valence-corrected chi connectivity index (χ1v) is 4.70. The summed E-state index contributed by atoms with van der Waals surface area (Å²) in [4.78, 5) is 9.19. The molecule has 0 aliphatic carbocycles. The maximum absolute atomic E-state index is 5.12. The van der Waals surface area contributed by atoms with Gasteiger partial charge in [-0.25, -0.2) is 4.98 Å². The van der Waals surface area contributed by atoms with Crippen LogP contribution in [0.15, 0.2) is 18.3 Å². The van der Waals surface area contributed by atoms with Crippen LogP contribution < -0.4 is 10.2 Å². The van der Waals surface area contributed by atoms with Crippen LogP contribution in [0.25, 0.3) is 0 Å². The topological polar surface area (TPSA) is 52.6 Å². The zero-order valence-corrected chi connectivity index (χ0v) is 9.03. The minimum absolute atomic E-state index is 0.513. The van der Waals surface area contributed by atoms with Gasteiger partial charge < -0.3 is 9.47 Å². The van der Waals surface area contributed by atoms with E-state index in [4.69, 9.17) is 14.3 Å². The predicted molar refractivity (Wildman–Crippen MR) is 55.5 cm³/mol. The molecule has 0 spiro atoms. The highest BCUT2D eigenvalue weighted by Crippen LogP contribution is 2.12. The van der Waals surface area contributed by atoms with Crippen LogP contribution in [0.4, 0.5) is 0 Å². The smallest absolute Gasteiger partial charge is 0.217 e. The van der Waals surface area contributed by atoms with Crippen molar-refractivity contribution in [3.63, 3.8) is 0 Å². The number of hydrogen-bond acceptors (Lipinski definition) is 5. The van der Waals surface area contributed by atoms with Crippen LogP contribution >= 0.6 is 0 Å². The van der Waals surface area contributed by atoms with Gasteiger partial charge in [0.2, 0.25) is 5.88 Å². The van der Waals surface area contributed by atoms with Gasteiger partial charge in [0.05, 0.1) is 26.9 Å². The van der Waals surface area contributed by atoms with E-state index >= 15 is 0 Å². The van der Waals surface area contributed by atoms with E-state index in [0.717, 1.165) is 5.56 Å². The third kappa shape index (κ3) is 4.24. The molecule has 1 heterocycles. The van der Waals surface area contributed by atoms with Gasteiger partial charge in [-0.05, 0) is 6.07 Å². The maximum Gasteiger partial charge on any atom is 0.217 e. The summed E-state index contributed by atoms with van der Waals surface area (Å²) in [5.41, 5.74) is 3.77. The maximum atomic E-state index is 5.12. The number of aromatic nitrogens is 1. The van der Waals surface area contributed by atoms with Gasteiger partial charge in [0.1, 0.15) is 0 Å². The van der Waals surface area contributed by atoms with Gasteiger partial charge in [-0.2, -0.15) is 5.48 Å². The van der Waals surface area contributed by atoms with Gasteiger partial charge in [-0.15, -0.1) is 0 Å². The van der Waals surface area contributed by atoms with E-state index < -0.39 is 0 Å². The van der Waals surface area contributed by atoms with Crippen molar-refractivity contribution in [2.45, 2.75) is 6.54 Å². The Morgan fingerprint density at radius 3 is 2.93 bits per heavy atom. The monoisotopic (exact) mass is 212 g/mol. The standard InChI is InChI=1S/C10H16N2O3/c1-13-6-7-15-12-8-9-4-3-5-11-10(9)14-2/h3-5,12H,6-8H2,1-2H3. The molecule has 0 aromatic carbocycles. The fourth-order valence-electron chi connectivity index (χ4n) is 1.07. The van der Waals surface area contributed by atoms with Crippen LogP contribution in [0.1, 0.15) is 5.56 Å². The summed E-state index contributed by atoms with van der Waals surface area (Å²) >= 11 is 0. The van der Waals surface area contributed by atoms with E-state index in [9.17, 15) is 0 Å². The summed E-state index contributed by atoms with van der Waals surface area (Å²) in [6, 6.07) is 3.78. The minimum atomic E-state index is 0.513. The molecule has 5 heteroatoms. The average Bonchev–Trinajstić information content (AvgIpc) is 2.29. The molecule has 84 valence electrons. The van der Waals surface area contributed by atoms with Crippen LogP contribution in [0, 0.1) is 0 Å². The largest absolute Gasteiger partial charge is 0.481 e. The zero-order chi connectivity index (χ0) is 10.9. The first-order chi connectivity index (χ1) is 7.38. The Morgan fingerprint density at radius 1 is 1.33 bits per heavy atom. The summed E-state index contributed by atoms with van der Waals surface area (Å²) in [7, 11) is 3.23. The molecule has 0 unspecified atom stereocenters. The molecule has 1 rings (SSSR count). The molecule has 0 bridgehead atoms. The third-order valence-corrected chi connectivity index (χ3v) is 1.80. The second-order valence-electron chi connectivity index (χ2n) is 2.83. The van der Waals surface area contributed by atoms with E-state index in [1.807, 2.05) is 12.1 Å². The highest BCUT2D eigenvalue weighted by molar-refractivity contribution is 5.24. The Hall–Kier alpha value is -1.17. The molecule has 0 amide bonds. The summed E-state index contributed by atoms with van der Waals surface area (Å²) in [6.07, 6.45) is 1.69. The van der Waals surface area contributed by atoms with Crippen molar-refractivity contribution in [3.8, 4) is 5.88 Å². The highest BCUT2D eigenvalue weighted by Gasteiger charge is 2.01. The number of nitrogens with one attached hydrogen (secondary N) is 1. The number of methoxy groups -OCH3 is 2. The fourth-order valence-corrected chi connectivity index (χ4v) is 1.07. The van der Waals surface area contributed by atoms with Crippen LogP contribution in [0.2, 0.25) is 0 Å². The molecule has 0 aliphatic rings. The predicted octanol–water partition coefficient (Wildman–Crippen LogP) is 0.758. The summed E-state index contributed by atoms with van der Waals surface area (Å²) in [5, 5.41) is 0. The van der Waals surface area contributed by atoms with Crippen LogP contribution in [0.3, 0.4) is 0 Å². The molecular weight excluding hydrogens is 196 g/mol. The number of hydrogen-bond donors (Lipinski definition) is 1. The van der Waals surface area contributed by atoms with Crippen LogP contribution in [-0.2, 0) is 16.1 Å². The van der Waals surface area contributed by atoms with Gasteiger partial charge in [0.15, 0.2) is 0 Å². The van der Waals surface area contributed by atoms with E-state index in [1.54, 1.807) is 20.4 Å². The number of hydroxylamine groups is 1. The minimum Gasteiger partial charge on any atom is -0.481 e. The van der Waals surface area contributed by atoms with E-state index in [2.05, 4.69) is 10.5 Å². The number of rotatable bonds is 7. The van der Waals surface area contributed by atoms with E-state index in [0.29, 0.717) is 25.6 Å². The van der Waals surface area contributed by atoms with Crippen molar-refractivity contribution in [1.29, 1.82) is 0 Å². The van der Waals surface area contributed by atoms with Crippen molar-refractivity contribution in [3.05, 3.63) is 23.9 Å². The molecule has 0 fully saturated rings. The van der Waals surface area contributed by atoms with Gasteiger partial charge in [0, 0.05) is 18.9 Å². The van der Waals surface area contributed by atoms with Crippen molar-refractivity contribution in [1.82, 2.24) is 10.5 Å². The normalized spacial score (nSPS) is 10.3. The Morgan fingerprint density at radius 2 is 2.20 bits per heavy atom. The third-order valence-electron chi connectivity index (χ3n) is 1.80.